The minimum absolute atomic E-state index is 0.0348. The molecule has 15 heteroatoms. The second-order valence-corrected chi connectivity index (χ2v) is 18.3. The number of amides is 2. The number of benzene rings is 5. The number of hydrogen-bond acceptors (Lipinski definition) is 11. The van der Waals surface area contributed by atoms with Crippen LogP contribution in [0.2, 0.25) is 0 Å². The Bertz CT molecular complexity index is 2850. The van der Waals surface area contributed by atoms with Gasteiger partial charge in [-0.05, 0) is 81.5 Å². The average Bonchev–Trinajstić information content (AvgIpc) is 3.92. The highest BCUT2D eigenvalue weighted by Gasteiger charge is 2.55. The SMILES string of the molecule is CN(c1ccccc1)c1ccc2c(c1)Oc1cc(OCc3ccc(OCC4=C(C(=O)O)N5C(=O)[C@H](NC(=O)Cc6cccs6)C5SC4)cc3)c(Br)cc1C21OC(=O)c2ccccc21. The zero-order valence-corrected chi connectivity index (χ0v) is 36.6. The fourth-order valence-corrected chi connectivity index (χ4v) is 10.9. The van der Waals surface area contributed by atoms with Gasteiger partial charge < -0.3 is 34.3 Å². The highest BCUT2D eigenvalue weighted by Crippen LogP contribution is 2.58. The average molecular weight is 943 g/mol. The van der Waals surface area contributed by atoms with Crippen molar-refractivity contribution in [3.8, 4) is 23.0 Å². The van der Waals surface area contributed by atoms with Crippen molar-refractivity contribution in [3.05, 3.63) is 175 Å². The molecule has 1 aromatic heterocycles. The summed E-state index contributed by atoms with van der Waals surface area (Å²) in [7, 11) is 1.98. The third-order valence-electron chi connectivity index (χ3n) is 11.5. The molecule has 2 unspecified atom stereocenters. The van der Waals surface area contributed by atoms with Crippen molar-refractivity contribution in [1.82, 2.24) is 10.2 Å². The molecule has 12 nitrogen and oxygen atoms in total. The second-order valence-electron chi connectivity index (χ2n) is 15.3. The molecule has 0 saturated carbocycles. The smallest absolute Gasteiger partial charge is 0.352 e. The van der Waals surface area contributed by atoms with Crippen molar-refractivity contribution in [2.75, 3.05) is 24.3 Å². The van der Waals surface area contributed by atoms with Crippen LogP contribution in [0.5, 0.6) is 23.0 Å². The van der Waals surface area contributed by atoms with Crippen molar-refractivity contribution >= 4 is 74.2 Å². The van der Waals surface area contributed by atoms with E-state index in [1.807, 2.05) is 109 Å². The third-order valence-corrected chi connectivity index (χ3v) is 14.3. The van der Waals surface area contributed by atoms with Crippen LogP contribution in [0.4, 0.5) is 11.4 Å². The van der Waals surface area contributed by atoms with Crippen LogP contribution in [0.15, 0.2) is 142 Å². The second kappa shape index (κ2) is 16.3. The van der Waals surface area contributed by atoms with Gasteiger partial charge in [0.15, 0.2) is 5.60 Å². The molecular weight excluding hydrogens is 907 g/mol. The molecule has 5 heterocycles. The van der Waals surface area contributed by atoms with Crippen LogP contribution in [0.3, 0.4) is 0 Å². The number of carbonyl (C=O) groups excluding carboxylic acids is 3. The Morgan fingerprint density at radius 2 is 1.65 bits per heavy atom. The van der Waals surface area contributed by atoms with Crippen LogP contribution >= 0.6 is 39.0 Å². The Morgan fingerprint density at radius 1 is 0.873 bits per heavy atom. The lowest BCUT2D eigenvalue weighted by Gasteiger charge is -2.49. The van der Waals surface area contributed by atoms with E-state index in [0.29, 0.717) is 55.5 Å². The van der Waals surface area contributed by atoms with E-state index in [4.69, 9.17) is 18.9 Å². The standard InChI is InChI=1S/C48H36BrN3O9S2/c1-51(29-8-3-2-4-9-29)30-15-18-35-38(20-30)60-39-23-40(37(49)22-36(39)48(35)34-12-6-5-11-33(34)47(57)61-48)59-24-27-13-16-31(17-14-27)58-25-28-26-63-45-42(44(54)52(45)43(28)46(55)56)50-41(53)21-32-10-7-19-62-32/h2-20,22-23,42,45H,21,24-26H2,1H3,(H,50,53)(H,55,56)/t42-,45?,48?/m0/s1. The summed E-state index contributed by atoms with van der Waals surface area (Å²) in [5, 5.41) is 14.3. The molecular formula is C48H36BrN3O9S2. The molecule has 1 saturated heterocycles. The van der Waals surface area contributed by atoms with Crippen LogP contribution < -0.4 is 24.4 Å². The van der Waals surface area contributed by atoms with Gasteiger partial charge in [-0.15, -0.1) is 23.1 Å². The number of ether oxygens (including phenoxy) is 4. The number of thioether (sulfide) groups is 1. The molecule has 316 valence electrons. The number of esters is 1. The Kier molecular flexibility index (Phi) is 10.5. The normalized spacial score (nSPS) is 19.2. The van der Waals surface area contributed by atoms with Crippen LogP contribution in [0, 0.1) is 0 Å². The zero-order chi connectivity index (χ0) is 43.4. The van der Waals surface area contributed by atoms with Crippen molar-refractivity contribution in [3.63, 3.8) is 0 Å². The van der Waals surface area contributed by atoms with E-state index in [2.05, 4.69) is 26.1 Å². The molecule has 63 heavy (non-hydrogen) atoms. The van der Waals surface area contributed by atoms with Gasteiger partial charge in [0.2, 0.25) is 5.91 Å². The number of carboxylic acids is 1. The van der Waals surface area contributed by atoms with Crippen molar-refractivity contribution < 1.29 is 43.2 Å². The molecule has 4 aliphatic rings. The van der Waals surface area contributed by atoms with E-state index >= 15 is 0 Å². The first kappa shape index (κ1) is 40.5. The van der Waals surface area contributed by atoms with Crippen molar-refractivity contribution in [2.24, 2.45) is 0 Å². The van der Waals surface area contributed by atoms with Crippen LogP contribution in [0.1, 0.15) is 37.5 Å². The first-order valence-corrected chi connectivity index (χ1v) is 22.7. The number of rotatable bonds is 12. The topological polar surface area (TPSA) is 144 Å². The molecule has 3 atom stereocenters. The molecule has 2 N–H and O–H groups in total. The van der Waals surface area contributed by atoms with E-state index < -0.39 is 34.9 Å². The molecule has 0 aliphatic carbocycles. The van der Waals surface area contributed by atoms with Gasteiger partial charge in [-0.25, -0.2) is 9.59 Å². The Morgan fingerprint density at radius 3 is 2.43 bits per heavy atom. The Labute approximate surface area is 378 Å². The van der Waals surface area contributed by atoms with Crippen LogP contribution in [0.25, 0.3) is 0 Å². The number of thiophene rings is 1. The zero-order valence-electron chi connectivity index (χ0n) is 33.4. The number of β-lactam (4-membered cyclic amide) rings is 1. The number of carboxylic acid groups (broad SMARTS) is 1. The Hall–Kier alpha value is -6.55. The first-order chi connectivity index (χ1) is 30.6. The number of nitrogens with zero attached hydrogens (tertiary/aromatic N) is 2. The van der Waals surface area contributed by atoms with Gasteiger partial charge in [0, 0.05) is 63.4 Å². The molecule has 5 aromatic carbocycles. The third kappa shape index (κ3) is 7.19. The molecule has 2 amide bonds. The van der Waals surface area contributed by atoms with E-state index in [1.54, 1.807) is 24.3 Å². The quantitative estimate of drug-likeness (QED) is 0.0898. The monoisotopic (exact) mass is 941 g/mol. The van der Waals surface area contributed by atoms with Crippen molar-refractivity contribution in [1.29, 1.82) is 0 Å². The molecule has 6 aromatic rings. The number of halogens is 1. The maximum absolute atomic E-state index is 13.5. The fraction of sp³-hybridized carbons (Fsp3) is 0.167. The lowest BCUT2D eigenvalue weighted by atomic mass is 9.77. The molecule has 4 aliphatic heterocycles. The largest absolute Gasteiger partial charge is 0.489 e. The van der Waals surface area contributed by atoms with Gasteiger partial charge in [-0.2, -0.15) is 0 Å². The predicted molar refractivity (Wildman–Crippen MR) is 241 cm³/mol. The van der Waals surface area contributed by atoms with Gasteiger partial charge in [0.1, 0.15) is 53.3 Å². The molecule has 0 bridgehead atoms. The van der Waals surface area contributed by atoms with Gasteiger partial charge >= 0.3 is 11.9 Å². The first-order valence-electron chi connectivity index (χ1n) is 19.9. The van der Waals surface area contributed by atoms with E-state index in [1.165, 1.54) is 28.0 Å². The molecule has 0 radical (unpaired) electrons. The van der Waals surface area contributed by atoms with Crippen LogP contribution in [-0.4, -0.2) is 64.6 Å². The minimum Gasteiger partial charge on any atom is -0.489 e. The van der Waals surface area contributed by atoms with Gasteiger partial charge in [-0.3, -0.25) is 14.5 Å². The summed E-state index contributed by atoms with van der Waals surface area (Å²) in [6.07, 6.45) is 0.159. The maximum atomic E-state index is 13.5. The number of nitrogens with one attached hydrogen (secondary N) is 1. The number of fused-ring (bicyclic) bond motifs is 7. The number of hydrogen-bond donors (Lipinski definition) is 2. The summed E-state index contributed by atoms with van der Waals surface area (Å²) in [5.41, 5.74) is 4.39. The van der Waals surface area contributed by atoms with Gasteiger partial charge in [0.25, 0.3) is 5.91 Å². The Balaban J connectivity index is 0.841. The molecule has 10 rings (SSSR count). The number of anilines is 2. The molecule has 1 fully saturated rings. The van der Waals surface area contributed by atoms with Crippen LogP contribution in [-0.2, 0) is 37.7 Å². The lowest BCUT2D eigenvalue weighted by molar-refractivity contribution is -0.150. The predicted octanol–water partition coefficient (Wildman–Crippen LogP) is 8.79. The summed E-state index contributed by atoms with van der Waals surface area (Å²) in [4.78, 5) is 55.8. The number of aliphatic carboxylic acids is 1. The van der Waals surface area contributed by atoms with E-state index in [-0.39, 0.29) is 31.2 Å². The van der Waals surface area contributed by atoms with E-state index in [0.717, 1.165) is 27.4 Å². The summed E-state index contributed by atoms with van der Waals surface area (Å²) in [6, 6.07) is 37.2. The fourth-order valence-electron chi connectivity index (χ4n) is 8.39. The number of para-hydroxylation sites is 1. The molecule has 1 spiro atoms. The van der Waals surface area contributed by atoms with Crippen molar-refractivity contribution in [2.45, 2.75) is 30.0 Å². The lowest BCUT2D eigenvalue weighted by Crippen LogP contribution is -2.70. The maximum Gasteiger partial charge on any atom is 0.352 e. The summed E-state index contributed by atoms with van der Waals surface area (Å²) < 4.78 is 26.0. The summed E-state index contributed by atoms with van der Waals surface area (Å²) >= 11 is 6.57. The van der Waals surface area contributed by atoms with Gasteiger partial charge in [-0.1, -0.05) is 54.6 Å². The summed E-state index contributed by atoms with van der Waals surface area (Å²) in [6.45, 7) is 0.157. The number of carbonyl (C=O) groups is 4. The highest BCUT2D eigenvalue weighted by molar-refractivity contribution is 9.10. The minimum atomic E-state index is -1.26. The highest BCUT2D eigenvalue weighted by atomic mass is 79.9. The van der Waals surface area contributed by atoms with Gasteiger partial charge in [0.05, 0.1) is 16.5 Å². The summed E-state index contributed by atoms with van der Waals surface area (Å²) in [5.74, 6) is -0.0239. The van der Waals surface area contributed by atoms with E-state index in [9.17, 15) is 24.3 Å².